The molecule has 2 heterocycles. The van der Waals surface area contributed by atoms with Crippen molar-refractivity contribution in [2.24, 2.45) is 0 Å². The molecule has 0 bridgehead atoms. The SMILES string of the molecule is CCOP(=O)(CC[C@H]1OC(OC)[C@@H]2OC(C)(C)O[C@H]12)CP(=O)(OC(C)C)OC(C)C. The lowest BCUT2D eigenvalue weighted by molar-refractivity contribution is -0.227. The first-order valence-corrected chi connectivity index (χ1v) is 14.3. The first-order valence-electron chi connectivity index (χ1n) is 10.5. The quantitative estimate of drug-likeness (QED) is 0.378. The summed E-state index contributed by atoms with van der Waals surface area (Å²) in [6.45, 7) is 12.7. The van der Waals surface area contributed by atoms with Crippen molar-refractivity contribution in [1.82, 2.24) is 0 Å². The molecule has 2 fully saturated rings. The molecule has 0 amide bonds. The molecule has 0 aromatic carbocycles. The van der Waals surface area contributed by atoms with E-state index in [1.807, 2.05) is 13.8 Å². The van der Waals surface area contributed by atoms with Crippen molar-refractivity contribution >= 4 is 15.0 Å². The molecule has 0 aliphatic carbocycles. The van der Waals surface area contributed by atoms with Gasteiger partial charge in [-0.2, -0.15) is 0 Å². The van der Waals surface area contributed by atoms with Gasteiger partial charge in [0.15, 0.2) is 12.1 Å². The average molecular weight is 472 g/mol. The Hall–Kier alpha value is 0.180. The Balaban J connectivity index is 2.12. The first kappa shape index (κ1) is 26.4. The molecule has 2 rings (SSSR count). The summed E-state index contributed by atoms with van der Waals surface area (Å²) >= 11 is 0. The fraction of sp³-hybridized carbons (Fsp3) is 1.00. The Bertz CT molecular complexity index is 638. The molecule has 0 radical (unpaired) electrons. The van der Waals surface area contributed by atoms with Gasteiger partial charge < -0.3 is 32.5 Å². The Morgan fingerprint density at radius 1 is 1.00 bits per heavy atom. The zero-order chi connectivity index (χ0) is 22.7. The maximum absolute atomic E-state index is 13.6. The largest absolute Gasteiger partial charge is 0.353 e. The van der Waals surface area contributed by atoms with E-state index >= 15 is 0 Å². The van der Waals surface area contributed by atoms with E-state index in [0.29, 0.717) is 6.42 Å². The molecule has 0 aromatic rings. The second-order valence-electron chi connectivity index (χ2n) is 8.65. The minimum atomic E-state index is -3.61. The molecule has 2 unspecified atom stereocenters. The molecule has 2 aliphatic rings. The third-order valence-corrected chi connectivity index (χ3v) is 10.9. The highest BCUT2D eigenvalue weighted by Crippen LogP contribution is 2.64. The summed E-state index contributed by atoms with van der Waals surface area (Å²) in [5.41, 5.74) is 0. The minimum absolute atomic E-state index is 0.155. The summed E-state index contributed by atoms with van der Waals surface area (Å²) in [4.78, 5) is 0. The van der Waals surface area contributed by atoms with Crippen LogP contribution in [0.25, 0.3) is 0 Å². The molecule has 0 saturated carbocycles. The van der Waals surface area contributed by atoms with Crippen molar-refractivity contribution in [1.29, 1.82) is 0 Å². The van der Waals surface area contributed by atoms with Gasteiger partial charge in [-0.05, 0) is 54.9 Å². The monoisotopic (exact) mass is 472 g/mol. The van der Waals surface area contributed by atoms with E-state index in [1.54, 1.807) is 41.7 Å². The van der Waals surface area contributed by atoms with Crippen LogP contribution in [0.1, 0.15) is 54.9 Å². The molecule has 178 valence electrons. The van der Waals surface area contributed by atoms with E-state index in [2.05, 4.69) is 0 Å². The first-order chi connectivity index (χ1) is 13.8. The van der Waals surface area contributed by atoms with Crippen molar-refractivity contribution in [2.45, 2.75) is 97.5 Å². The smallest absolute Gasteiger partial charge is 0.340 e. The van der Waals surface area contributed by atoms with Crippen molar-refractivity contribution in [3.63, 3.8) is 0 Å². The third-order valence-electron chi connectivity index (χ3n) is 4.59. The lowest BCUT2D eigenvalue weighted by Gasteiger charge is -2.28. The fourth-order valence-corrected chi connectivity index (χ4v) is 9.92. The molecule has 2 saturated heterocycles. The van der Waals surface area contributed by atoms with Crippen LogP contribution in [-0.2, 0) is 41.6 Å². The number of hydrogen-bond acceptors (Lipinski definition) is 9. The second kappa shape index (κ2) is 10.4. The van der Waals surface area contributed by atoms with Gasteiger partial charge >= 0.3 is 7.60 Å². The molecule has 0 spiro atoms. The standard InChI is InChI=1S/C19H38O9P2/c1-9-23-29(20,12-30(21,27-13(2)3)28-14(4)5)11-10-15-16-17(18(22-8)24-15)26-19(6,7)25-16/h13-18H,9-12H2,1-8H3/t15-,16-,17-,18?,29?/m1/s1. The highest BCUT2D eigenvalue weighted by atomic mass is 31.2. The van der Waals surface area contributed by atoms with Crippen LogP contribution in [0, 0.1) is 0 Å². The molecule has 0 aromatic heterocycles. The lowest BCUT2D eigenvalue weighted by atomic mass is 10.1. The highest BCUT2D eigenvalue weighted by Gasteiger charge is 2.55. The predicted molar refractivity (Wildman–Crippen MR) is 113 cm³/mol. The molecular formula is C19H38O9P2. The summed E-state index contributed by atoms with van der Waals surface area (Å²) in [6.07, 6.45) is -1.79. The summed E-state index contributed by atoms with van der Waals surface area (Å²) < 4.78 is 66.9. The summed E-state index contributed by atoms with van der Waals surface area (Å²) in [6, 6.07) is 0. The highest BCUT2D eigenvalue weighted by molar-refractivity contribution is 7.73. The zero-order valence-corrected chi connectivity index (χ0v) is 21.2. The van der Waals surface area contributed by atoms with Gasteiger partial charge in [-0.1, -0.05) is 0 Å². The van der Waals surface area contributed by atoms with Crippen LogP contribution in [-0.4, -0.2) is 68.4 Å². The van der Waals surface area contributed by atoms with Crippen molar-refractivity contribution in [3.8, 4) is 0 Å². The number of fused-ring (bicyclic) bond motifs is 1. The topological polar surface area (TPSA) is 98.8 Å². The van der Waals surface area contributed by atoms with Gasteiger partial charge in [0, 0.05) is 13.3 Å². The minimum Gasteiger partial charge on any atom is -0.353 e. The van der Waals surface area contributed by atoms with Crippen LogP contribution in [0.2, 0.25) is 0 Å². The lowest BCUT2D eigenvalue weighted by Crippen LogP contribution is -2.30. The molecule has 30 heavy (non-hydrogen) atoms. The molecule has 2 aliphatic heterocycles. The van der Waals surface area contributed by atoms with Crippen LogP contribution in [0.15, 0.2) is 0 Å². The van der Waals surface area contributed by atoms with Gasteiger partial charge in [0.2, 0.25) is 7.37 Å². The van der Waals surface area contributed by atoms with Crippen LogP contribution in [0.4, 0.5) is 0 Å². The third kappa shape index (κ3) is 7.09. The van der Waals surface area contributed by atoms with E-state index < -0.39 is 27.0 Å². The van der Waals surface area contributed by atoms with E-state index in [1.165, 1.54) is 0 Å². The average Bonchev–Trinajstić information content (AvgIpc) is 3.04. The van der Waals surface area contributed by atoms with Crippen molar-refractivity contribution in [2.75, 3.05) is 25.8 Å². The normalized spacial score (nSPS) is 30.7. The van der Waals surface area contributed by atoms with Gasteiger partial charge in [-0.15, -0.1) is 0 Å². The zero-order valence-electron chi connectivity index (χ0n) is 19.4. The van der Waals surface area contributed by atoms with Gasteiger partial charge in [-0.25, -0.2) is 0 Å². The van der Waals surface area contributed by atoms with Gasteiger partial charge in [0.1, 0.15) is 18.1 Å². The van der Waals surface area contributed by atoms with E-state index in [-0.39, 0.29) is 49.2 Å². The number of methoxy groups -OCH3 is 1. The molecule has 5 atom stereocenters. The molecule has 11 heteroatoms. The number of rotatable bonds is 12. The fourth-order valence-electron chi connectivity index (χ4n) is 3.80. The Morgan fingerprint density at radius 2 is 1.57 bits per heavy atom. The maximum atomic E-state index is 13.6. The van der Waals surface area contributed by atoms with Gasteiger partial charge in [0.25, 0.3) is 0 Å². The Kier molecular flexibility index (Phi) is 9.17. The Labute approximate surface area is 180 Å². The van der Waals surface area contributed by atoms with Crippen molar-refractivity contribution in [3.05, 3.63) is 0 Å². The van der Waals surface area contributed by atoms with Crippen LogP contribution in [0.3, 0.4) is 0 Å². The Morgan fingerprint density at radius 3 is 2.07 bits per heavy atom. The van der Waals surface area contributed by atoms with E-state index in [0.717, 1.165) is 0 Å². The number of ether oxygens (including phenoxy) is 4. The number of hydrogen-bond donors (Lipinski definition) is 0. The molecule has 9 nitrogen and oxygen atoms in total. The molecule has 0 N–H and O–H groups in total. The summed E-state index contributed by atoms with van der Waals surface area (Å²) in [7, 11) is -5.40. The summed E-state index contributed by atoms with van der Waals surface area (Å²) in [5, 5.41) is 0. The van der Waals surface area contributed by atoms with E-state index in [4.69, 9.17) is 32.5 Å². The molecular weight excluding hydrogens is 434 g/mol. The maximum Gasteiger partial charge on any atom is 0.340 e. The van der Waals surface area contributed by atoms with Gasteiger partial charge in [-0.3, -0.25) is 9.13 Å². The van der Waals surface area contributed by atoms with Crippen LogP contribution < -0.4 is 0 Å². The predicted octanol–water partition coefficient (Wildman–Crippen LogP) is 4.58. The van der Waals surface area contributed by atoms with Gasteiger partial charge in [0.05, 0.1) is 24.9 Å². The van der Waals surface area contributed by atoms with E-state index in [9.17, 15) is 9.13 Å². The summed E-state index contributed by atoms with van der Waals surface area (Å²) in [5.74, 6) is -1.02. The second-order valence-corrected chi connectivity index (χ2v) is 13.8. The van der Waals surface area contributed by atoms with Crippen molar-refractivity contribution < 1.29 is 41.6 Å². The van der Waals surface area contributed by atoms with Crippen LogP contribution >= 0.6 is 15.0 Å². The van der Waals surface area contributed by atoms with Crippen LogP contribution in [0.5, 0.6) is 0 Å².